The van der Waals surface area contributed by atoms with Gasteiger partial charge in [-0.3, -0.25) is 14.4 Å². The van der Waals surface area contributed by atoms with Crippen LogP contribution in [0.1, 0.15) is 36.6 Å². The van der Waals surface area contributed by atoms with Gasteiger partial charge in [-0.1, -0.05) is 35.3 Å². The minimum absolute atomic E-state index is 0.00587. The number of carbonyl (C=O) groups is 4. The summed E-state index contributed by atoms with van der Waals surface area (Å²) in [6.07, 6.45) is 0. The van der Waals surface area contributed by atoms with E-state index >= 15 is 0 Å². The highest BCUT2D eigenvalue weighted by Gasteiger charge is 2.25. The van der Waals surface area contributed by atoms with Gasteiger partial charge >= 0.3 is 14.0 Å². The molecule has 0 saturated heterocycles. The van der Waals surface area contributed by atoms with Crippen molar-refractivity contribution in [2.75, 3.05) is 6.54 Å². The maximum atomic E-state index is 12.8. The molecule has 0 aliphatic carbocycles. The summed E-state index contributed by atoms with van der Waals surface area (Å²) in [4.78, 5) is 49.6. The van der Waals surface area contributed by atoms with E-state index in [2.05, 4.69) is 16.0 Å². The summed E-state index contributed by atoms with van der Waals surface area (Å²) in [5, 5.41) is 35.6. The Kier molecular flexibility index (Phi) is 9.64. The first-order chi connectivity index (χ1) is 18.5. The number of nitrogens with one attached hydrogen (secondary N) is 3. The molecule has 0 aromatic heterocycles. The zero-order chi connectivity index (χ0) is 28.7. The van der Waals surface area contributed by atoms with Crippen molar-refractivity contribution in [3.63, 3.8) is 0 Å². The summed E-state index contributed by atoms with van der Waals surface area (Å²) in [5.41, 5.74) is 0.432. The average Bonchev–Trinajstić information content (AvgIpc) is 2.88. The Morgan fingerprint density at radius 1 is 0.846 bits per heavy atom. The van der Waals surface area contributed by atoms with Gasteiger partial charge in [0.15, 0.2) is 0 Å². The summed E-state index contributed by atoms with van der Waals surface area (Å²) in [7, 11) is 1.35. The van der Waals surface area contributed by atoms with Crippen molar-refractivity contribution < 1.29 is 39.2 Å². The summed E-state index contributed by atoms with van der Waals surface area (Å²) in [6.45, 7) is -0.408. The van der Waals surface area contributed by atoms with Gasteiger partial charge in [-0.05, 0) is 42.0 Å². The van der Waals surface area contributed by atoms with Gasteiger partial charge in [0, 0.05) is 30.3 Å². The number of phenols is 2. The smallest absolute Gasteiger partial charge is 0.328 e. The molecule has 0 heterocycles. The number of hydrogen-bond donors (Lipinski definition) is 6. The molecule has 1 atom stereocenters. The molecular formula is C25H22BCl2N3O8. The summed E-state index contributed by atoms with van der Waals surface area (Å²) < 4.78 is 4.98. The van der Waals surface area contributed by atoms with E-state index in [9.17, 15) is 34.5 Å². The minimum atomic E-state index is -1.57. The van der Waals surface area contributed by atoms with E-state index in [-0.39, 0.29) is 50.5 Å². The van der Waals surface area contributed by atoms with Crippen molar-refractivity contribution in [1.29, 1.82) is 0 Å². The van der Waals surface area contributed by atoms with Crippen LogP contribution >= 0.6 is 23.2 Å². The lowest BCUT2D eigenvalue weighted by Crippen LogP contribution is -2.48. The van der Waals surface area contributed by atoms with Crippen LogP contribution in [0.4, 0.5) is 0 Å². The Balaban J connectivity index is 1.67. The standard InChI is InChI=1S/C25H22BCl2N3O8/c26-39-17-6-13(5-16(33)9-17)22(34)30-11-20(25(37)38)31-24(36)21-18(27)7-14(8-19(21)28)23(35)29-10-12-2-1-3-15(32)4-12/h1-9,20,32-33H,10-11,26H2,(H,29,35)(H,30,34)(H,31,36)(H,37,38)/t20-/m0/s1. The zero-order valence-corrected chi connectivity index (χ0v) is 21.8. The van der Waals surface area contributed by atoms with Gasteiger partial charge in [0.1, 0.15) is 23.3 Å². The fourth-order valence-corrected chi connectivity index (χ4v) is 4.09. The van der Waals surface area contributed by atoms with Crippen LogP contribution in [-0.4, -0.2) is 59.6 Å². The molecule has 0 fully saturated rings. The summed E-state index contributed by atoms with van der Waals surface area (Å²) in [6, 6.07) is 10.9. The highest BCUT2D eigenvalue weighted by atomic mass is 35.5. The van der Waals surface area contributed by atoms with Crippen molar-refractivity contribution in [2.45, 2.75) is 12.6 Å². The predicted molar refractivity (Wildman–Crippen MR) is 144 cm³/mol. The molecule has 39 heavy (non-hydrogen) atoms. The van der Waals surface area contributed by atoms with Gasteiger partial charge in [-0.2, -0.15) is 0 Å². The maximum absolute atomic E-state index is 12.8. The number of amides is 3. The SMILES string of the molecule is BOc1cc(O)cc(C(=O)NC[C@H](NC(=O)c2c(Cl)cc(C(=O)NCc3cccc(O)c3)cc2Cl)C(=O)O)c1. The number of carboxylic acid groups (broad SMARTS) is 1. The molecule has 3 amide bonds. The van der Waals surface area contributed by atoms with Gasteiger partial charge in [0.2, 0.25) is 0 Å². The van der Waals surface area contributed by atoms with Crippen molar-refractivity contribution in [3.05, 3.63) is 86.9 Å². The van der Waals surface area contributed by atoms with Gasteiger partial charge in [0.25, 0.3) is 17.7 Å². The van der Waals surface area contributed by atoms with Gasteiger partial charge in [-0.25, -0.2) is 4.79 Å². The van der Waals surface area contributed by atoms with Crippen LogP contribution in [0.5, 0.6) is 17.2 Å². The number of phenolic OH excluding ortho intramolecular Hbond substituents is 2. The maximum Gasteiger partial charge on any atom is 0.328 e. The highest BCUT2D eigenvalue weighted by Crippen LogP contribution is 2.27. The normalized spacial score (nSPS) is 11.2. The van der Waals surface area contributed by atoms with E-state index < -0.39 is 36.3 Å². The molecule has 11 nitrogen and oxygen atoms in total. The second kappa shape index (κ2) is 12.9. The van der Waals surface area contributed by atoms with Crippen LogP contribution in [0.25, 0.3) is 0 Å². The third kappa shape index (κ3) is 7.79. The molecule has 202 valence electrons. The Morgan fingerprint density at radius 3 is 2.10 bits per heavy atom. The molecular weight excluding hydrogens is 552 g/mol. The quantitative estimate of drug-likeness (QED) is 0.199. The molecule has 3 rings (SSSR count). The number of halogens is 2. The van der Waals surface area contributed by atoms with E-state index in [0.717, 1.165) is 6.07 Å². The lowest BCUT2D eigenvalue weighted by molar-refractivity contribution is -0.139. The molecule has 0 aliphatic rings. The van der Waals surface area contributed by atoms with Crippen LogP contribution in [0, 0.1) is 0 Å². The zero-order valence-electron chi connectivity index (χ0n) is 20.3. The van der Waals surface area contributed by atoms with Crippen LogP contribution in [-0.2, 0) is 11.3 Å². The van der Waals surface area contributed by atoms with Gasteiger partial charge < -0.3 is 35.9 Å². The van der Waals surface area contributed by atoms with Crippen LogP contribution in [0.3, 0.4) is 0 Å². The Morgan fingerprint density at radius 2 is 1.49 bits per heavy atom. The van der Waals surface area contributed by atoms with E-state index in [0.29, 0.717) is 5.56 Å². The Bertz CT molecular complexity index is 1410. The lowest BCUT2D eigenvalue weighted by atomic mass is 10.1. The van der Waals surface area contributed by atoms with Crippen LogP contribution in [0.2, 0.25) is 10.0 Å². The third-order valence-electron chi connectivity index (χ3n) is 5.35. The number of rotatable bonds is 10. The van der Waals surface area contributed by atoms with Crippen LogP contribution in [0.15, 0.2) is 54.6 Å². The van der Waals surface area contributed by atoms with Crippen molar-refractivity contribution in [2.24, 2.45) is 0 Å². The van der Waals surface area contributed by atoms with Gasteiger partial charge in [-0.15, -0.1) is 0 Å². The largest absolute Gasteiger partial charge is 0.568 e. The number of carbonyl (C=O) groups excluding carboxylic acids is 3. The number of carboxylic acids is 1. The van der Waals surface area contributed by atoms with E-state index in [1.54, 1.807) is 12.1 Å². The molecule has 3 aromatic rings. The number of aliphatic carboxylic acids is 1. The Hall–Kier alpha value is -4.42. The van der Waals surface area contributed by atoms with E-state index in [4.69, 9.17) is 27.9 Å². The van der Waals surface area contributed by atoms with Crippen molar-refractivity contribution in [3.8, 4) is 17.2 Å². The molecule has 0 aliphatic heterocycles. The van der Waals surface area contributed by atoms with Gasteiger partial charge in [0.05, 0.1) is 15.6 Å². The first kappa shape index (κ1) is 29.1. The van der Waals surface area contributed by atoms with Crippen molar-refractivity contribution in [1.82, 2.24) is 16.0 Å². The van der Waals surface area contributed by atoms with Crippen molar-refractivity contribution >= 4 is 54.9 Å². The fourth-order valence-electron chi connectivity index (χ4n) is 3.43. The summed E-state index contributed by atoms with van der Waals surface area (Å²) in [5.74, 6) is -3.65. The molecule has 3 aromatic carbocycles. The molecule has 0 bridgehead atoms. The predicted octanol–water partition coefficient (Wildman–Crippen LogP) is 1.87. The Labute approximate surface area is 233 Å². The first-order valence-electron chi connectivity index (χ1n) is 11.2. The lowest BCUT2D eigenvalue weighted by Gasteiger charge is -2.17. The molecule has 0 spiro atoms. The monoisotopic (exact) mass is 573 g/mol. The van der Waals surface area contributed by atoms with Crippen LogP contribution < -0.4 is 20.6 Å². The number of hydrogen-bond acceptors (Lipinski definition) is 7. The second-order valence-corrected chi connectivity index (χ2v) is 8.98. The molecule has 6 N–H and O–H groups in total. The number of aromatic hydroxyl groups is 2. The molecule has 0 radical (unpaired) electrons. The van der Waals surface area contributed by atoms with E-state index in [1.807, 2.05) is 0 Å². The molecule has 14 heteroatoms. The topological polar surface area (TPSA) is 174 Å². The summed E-state index contributed by atoms with van der Waals surface area (Å²) >= 11 is 12.4. The molecule has 0 saturated carbocycles. The third-order valence-corrected chi connectivity index (χ3v) is 5.95. The van der Waals surface area contributed by atoms with E-state index in [1.165, 1.54) is 44.4 Å². The minimum Gasteiger partial charge on any atom is -0.568 e. The first-order valence-corrected chi connectivity index (χ1v) is 12.0. The highest BCUT2D eigenvalue weighted by molar-refractivity contribution is 6.40. The fraction of sp³-hybridized carbons (Fsp3) is 0.120. The number of benzene rings is 3. The second-order valence-electron chi connectivity index (χ2n) is 8.16. The molecule has 0 unspecified atom stereocenters. The average molecular weight is 574 g/mol.